The molecule has 0 saturated carbocycles. The summed E-state index contributed by atoms with van der Waals surface area (Å²) in [6.45, 7) is 3.93. The lowest BCUT2D eigenvalue weighted by molar-refractivity contribution is 0.0595. The number of hydrogen-bond donors (Lipinski definition) is 1. The maximum absolute atomic E-state index is 13.3. The van der Waals surface area contributed by atoms with Crippen molar-refractivity contribution in [3.8, 4) is 0 Å². The van der Waals surface area contributed by atoms with Gasteiger partial charge in [-0.2, -0.15) is 0 Å². The lowest BCUT2D eigenvalue weighted by atomic mass is 10.0. The summed E-state index contributed by atoms with van der Waals surface area (Å²) in [6, 6.07) is 3.22. The van der Waals surface area contributed by atoms with E-state index in [1.54, 1.807) is 6.92 Å². The van der Waals surface area contributed by atoms with Gasteiger partial charge in [-0.25, -0.2) is 22.3 Å². The molecule has 3 rings (SSSR count). The largest absolute Gasteiger partial charge is 0.465 e. The van der Waals surface area contributed by atoms with Gasteiger partial charge in [0.2, 0.25) is 0 Å². The first-order chi connectivity index (χ1) is 14.6. The Bertz CT molecular complexity index is 1130. The van der Waals surface area contributed by atoms with Crippen LogP contribution >= 0.6 is 22.9 Å². The maximum Gasteiger partial charge on any atom is 0.340 e. The van der Waals surface area contributed by atoms with Gasteiger partial charge in [0.25, 0.3) is 15.9 Å². The van der Waals surface area contributed by atoms with Crippen molar-refractivity contribution in [3.05, 3.63) is 50.6 Å². The number of methoxy groups -OCH3 is 1. The number of rotatable bonds is 6. The van der Waals surface area contributed by atoms with Crippen molar-refractivity contribution in [3.63, 3.8) is 0 Å². The van der Waals surface area contributed by atoms with Crippen LogP contribution in [0.15, 0.2) is 22.4 Å². The van der Waals surface area contributed by atoms with E-state index in [0.29, 0.717) is 16.9 Å². The van der Waals surface area contributed by atoms with E-state index in [9.17, 15) is 22.4 Å². The molecule has 1 atom stereocenters. The molecule has 0 unspecified atom stereocenters. The standard InChI is InChI=1S/C20H22ClFN2O5S2/c1-4-11(2)23-31(27,28)20-17(19(26)29-3)14-7-8-24(10-16(14)30-20)18(25)13-6-5-12(22)9-15(13)21/h5-6,9,11,23H,4,7-8,10H2,1-3H3/t11-/m0/s1. The van der Waals surface area contributed by atoms with E-state index >= 15 is 0 Å². The second-order valence-electron chi connectivity index (χ2n) is 7.19. The highest BCUT2D eigenvalue weighted by atomic mass is 35.5. The normalized spacial score (nSPS) is 14.8. The van der Waals surface area contributed by atoms with Crippen molar-refractivity contribution in [2.75, 3.05) is 13.7 Å². The fraction of sp³-hybridized carbons (Fsp3) is 0.400. The third-order valence-electron chi connectivity index (χ3n) is 5.08. The average molecular weight is 489 g/mol. The van der Waals surface area contributed by atoms with E-state index < -0.39 is 27.7 Å². The number of carbonyl (C=O) groups excluding carboxylic acids is 2. The minimum atomic E-state index is -3.95. The zero-order valence-electron chi connectivity index (χ0n) is 17.2. The molecule has 1 amide bonds. The molecule has 0 radical (unpaired) electrons. The quantitative estimate of drug-likeness (QED) is 0.627. The molecule has 0 aliphatic carbocycles. The minimum absolute atomic E-state index is 0.00162. The van der Waals surface area contributed by atoms with E-state index in [1.807, 2.05) is 6.92 Å². The van der Waals surface area contributed by atoms with Crippen LogP contribution in [0.3, 0.4) is 0 Å². The summed E-state index contributed by atoms with van der Waals surface area (Å²) < 4.78 is 46.5. The van der Waals surface area contributed by atoms with Gasteiger partial charge in [-0.3, -0.25) is 4.79 Å². The van der Waals surface area contributed by atoms with E-state index in [4.69, 9.17) is 16.3 Å². The molecule has 1 N–H and O–H groups in total. The van der Waals surface area contributed by atoms with E-state index in [-0.39, 0.29) is 45.9 Å². The number of halogens is 2. The molecule has 1 aliphatic rings. The van der Waals surface area contributed by atoms with Crippen LogP contribution in [0.1, 0.15) is 51.4 Å². The van der Waals surface area contributed by atoms with Crippen molar-refractivity contribution in [2.45, 2.75) is 43.5 Å². The summed E-state index contributed by atoms with van der Waals surface area (Å²) in [7, 11) is -2.76. The summed E-state index contributed by atoms with van der Waals surface area (Å²) in [5, 5.41) is -0.00162. The number of thiophene rings is 1. The topological polar surface area (TPSA) is 92.8 Å². The molecule has 2 aromatic rings. The van der Waals surface area contributed by atoms with Gasteiger partial charge in [0.05, 0.1) is 29.8 Å². The van der Waals surface area contributed by atoms with Gasteiger partial charge >= 0.3 is 5.97 Å². The predicted octanol–water partition coefficient (Wildman–Crippen LogP) is 3.60. The van der Waals surface area contributed by atoms with E-state index in [1.165, 1.54) is 18.1 Å². The highest BCUT2D eigenvalue weighted by Crippen LogP contribution is 2.37. The zero-order chi connectivity index (χ0) is 22.9. The van der Waals surface area contributed by atoms with Gasteiger partial charge in [0.15, 0.2) is 0 Å². The Kier molecular flexibility index (Phi) is 7.04. The molecule has 1 aromatic heterocycles. The smallest absolute Gasteiger partial charge is 0.340 e. The Morgan fingerprint density at radius 3 is 2.71 bits per heavy atom. The summed E-state index contributed by atoms with van der Waals surface area (Å²) in [5.41, 5.74) is 0.739. The fourth-order valence-corrected chi connectivity index (χ4v) is 6.78. The number of carbonyl (C=O) groups is 2. The van der Waals surface area contributed by atoms with Crippen molar-refractivity contribution in [1.29, 1.82) is 0 Å². The van der Waals surface area contributed by atoms with Crippen LogP contribution in [0.4, 0.5) is 4.39 Å². The average Bonchev–Trinajstić information content (AvgIpc) is 3.12. The van der Waals surface area contributed by atoms with Crippen LogP contribution in [0.5, 0.6) is 0 Å². The number of nitrogens with zero attached hydrogens (tertiary/aromatic N) is 1. The van der Waals surface area contributed by atoms with Crippen LogP contribution in [0.25, 0.3) is 0 Å². The molecule has 0 bridgehead atoms. The van der Waals surface area contributed by atoms with Crippen LogP contribution in [0, 0.1) is 5.82 Å². The lowest BCUT2D eigenvalue weighted by Crippen LogP contribution is -2.36. The Labute approximate surface area is 189 Å². The Morgan fingerprint density at radius 2 is 2.10 bits per heavy atom. The Morgan fingerprint density at radius 1 is 1.39 bits per heavy atom. The molecular formula is C20H22ClFN2O5S2. The lowest BCUT2D eigenvalue weighted by Gasteiger charge is -2.27. The van der Waals surface area contributed by atoms with Gasteiger partial charge in [-0.15, -0.1) is 11.3 Å². The molecule has 168 valence electrons. The first kappa shape index (κ1) is 23.6. The molecular weight excluding hydrogens is 467 g/mol. The zero-order valence-corrected chi connectivity index (χ0v) is 19.6. The van der Waals surface area contributed by atoms with Crippen LogP contribution in [-0.2, 0) is 27.7 Å². The molecule has 0 fully saturated rings. The number of hydrogen-bond acceptors (Lipinski definition) is 6. The highest BCUT2D eigenvalue weighted by Gasteiger charge is 2.35. The SMILES string of the molecule is CC[C@H](C)NS(=O)(=O)c1sc2c(c1C(=O)OC)CCN(C(=O)c1ccc(F)cc1Cl)C2. The van der Waals surface area contributed by atoms with Gasteiger partial charge in [-0.05, 0) is 43.5 Å². The second-order valence-corrected chi connectivity index (χ2v) is 10.6. The maximum atomic E-state index is 13.3. The number of esters is 1. The number of benzene rings is 1. The van der Waals surface area contributed by atoms with Crippen molar-refractivity contribution in [1.82, 2.24) is 9.62 Å². The second kappa shape index (κ2) is 9.23. The van der Waals surface area contributed by atoms with Gasteiger partial charge in [0, 0.05) is 17.5 Å². The molecule has 1 aliphatic heterocycles. The molecule has 0 saturated heterocycles. The molecule has 2 heterocycles. The molecule has 7 nitrogen and oxygen atoms in total. The van der Waals surface area contributed by atoms with Gasteiger partial charge < -0.3 is 9.64 Å². The van der Waals surface area contributed by atoms with Gasteiger partial charge in [-0.1, -0.05) is 18.5 Å². The monoisotopic (exact) mass is 488 g/mol. The van der Waals surface area contributed by atoms with Crippen molar-refractivity contribution < 1.29 is 27.1 Å². The molecule has 1 aromatic carbocycles. The third-order valence-corrected chi connectivity index (χ3v) is 8.71. The predicted molar refractivity (Wildman–Crippen MR) is 116 cm³/mol. The van der Waals surface area contributed by atoms with Crippen LogP contribution in [-0.4, -0.2) is 44.9 Å². The van der Waals surface area contributed by atoms with Gasteiger partial charge in [0.1, 0.15) is 10.0 Å². The highest BCUT2D eigenvalue weighted by molar-refractivity contribution is 7.91. The fourth-order valence-electron chi connectivity index (χ4n) is 3.28. The Hall–Kier alpha value is -2.01. The van der Waals surface area contributed by atoms with Crippen LogP contribution in [0.2, 0.25) is 5.02 Å². The number of fused-ring (bicyclic) bond motifs is 1. The first-order valence-electron chi connectivity index (χ1n) is 9.58. The van der Waals surface area contributed by atoms with Crippen molar-refractivity contribution >= 4 is 44.8 Å². The first-order valence-corrected chi connectivity index (χ1v) is 12.3. The third kappa shape index (κ3) is 4.77. The molecule has 31 heavy (non-hydrogen) atoms. The molecule has 0 spiro atoms. The Balaban J connectivity index is 1.98. The summed E-state index contributed by atoms with van der Waals surface area (Å²) in [4.78, 5) is 27.4. The summed E-state index contributed by atoms with van der Waals surface area (Å²) in [6.07, 6.45) is 0.859. The number of ether oxygens (including phenoxy) is 1. The van der Waals surface area contributed by atoms with Crippen LogP contribution < -0.4 is 4.72 Å². The van der Waals surface area contributed by atoms with E-state index in [2.05, 4.69) is 4.72 Å². The number of amides is 1. The summed E-state index contributed by atoms with van der Waals surface area (Å²) in [5.74, 6) is -1.68. The van der Waals surface area contributed by atoms with Crippen molar-refractivity contribution in [2.24, 2.45) is 0 Å². The molecule has 11 heteroatoms. The minimum Gasteiger partial charge on any atom is -0.465 e. The van der Waals surface area contributed by atoms with E-state index in [0.717, 1.165) is 23.5 Å². The number of nitrogens with one attached hydrogen (secondary N) is 1. The number of sulfonamides is 1. The summed E-state index contributed by atoms with van der Waals surface area (Å²) >= 11 is 6.97.